The van der Waals surface area contributed by atoms with Gasteiger partial charge in [-0.15, -0.1) is 22.7 Å². The van der Waals surface area contributed by atoms with Crippen LogP contribution >= 0.6 is 22.7 Å². The summed E-state index contributed by atoms with van der Waals surface area (Å²) < 4.78 is 7.74. The molecule has 3 heterocycles. The van der Waals surface area contributed by atoms with Gasteiger partial charge in [0.05, 0.1) is 11.0 Å². The quantitative estimate of drug-likeness (QED) is 0.114. The predicted octanol–water partition coefficient (Wildman–Crippen LogP) is 28.6. The summed E-state index contributed by atoms with van der Waals surface area (Å²) in [7, 11) is 0. The number of aromatic nitrogens is 1. The van der Waals surface area contributed by atoms with Crippen LogP contribution in [0.2, 0.25) is 0 Å². The van der Waals surface area contributed by atoms with Gasteiger partial charge in [0, 0.05) is 79.1 Å². The van der Waals surface area contributed by atoms with Gasteiger partial charge in [-0.05, 0) is 196 Å². The molecule has 0 saturated carbocycles. The third-order valence-corrected chi connectivity index (χ3v) is 23.6. The van der Waals surface area contributed by atoms with Crippen molar-refractivity contribution >= 4 is 112 Å². The van der Waals surface area contributed by atoms with Gasteiger partial charge in [-0.1, -0.05) is 285 Å². The van der Waals surface area contributed by atoms with Crippen LogP contribution < -0.4 is 0 Å². The van der Waals surface area contributed by atoms with Crippen molar-refractivity contribution in [2.45, 2.75) is 12.8 Å². The van der Waals surface area contributed by atoms with Gasteiger partial charge in [0.1, 0.15) is 0 Å². The van der Waals surface area contributed by atoms with E-state index in [1.807, 2.05) is 22.7 Å². The summed E-state index contributed by atoms with van der Waals surface area (Å²) in [6.45, 7) is 0. The zero-order valence-corrected chi connectivity index (χ0v) is 56.9. The van der Waals surface area contributed by atoms with Gasteiger partial charge >= 0.3 is 0 Å². The molecule has 1 nitrogen and oxygen atoms in total. The lowest BCUT2D eigenvalue weighted by Gasteiger charge is -2.18. The Balaban J connectivity index is 0.864. The largest absolute Gasteiger partial charge is 0.309 e. The number of benzene rings is 16. The van der Waals surface area contributed by atoms with Crippen molar-refractivity contribution in [1.29, 1.82) is 0 Å². The summed E-state index contributed by atoms with van der Waals surface area (Å²) in [6, 6.07) is 127. The molecule has 0 radical (unpaired) electrons. The van der Waals surface area contributed by atoms with Gasteiger partial charge in [0.25, 0.3) is 0 Å². The molecule has 0 fully saturated rings. The van der Waals surface area contributed by atoms with Crippen molar-refractivity contribution in [3.63, 3.8) is 0 Å². The van der Waals surface area contributed by atoms with E-state index in [0.29, 0.717) is 0 Å². The lowest BCUT2D eigenvalue weighted by atomic mass is 9.86. The normalized spacial score (nSPS) is 12.5. The monoisotopic (exact) mass is 1320 g/mol. The SMILES string of the molecule is C1=CCCC(c2cc(-c3ccc4c5ccc(-c6cc(-c7ccccc7)cc7c6sc6c(-c8ccccc8)cc(-c8ccccc8)cc67)cc5n(-c5cccc(-c6c7ccccc7c(-c7ccccc7)c7ccccc67)c5)c4c3)c3sc4c(-c5ccccc5)cc(-c5ccccc5)cc4c3c2)=C1. The van der Waals surface area contributed by atoms with Crippen LogP contribution in [0.5, 0.6) is 0 Å². The molecule has 19 aromatic rings. The van der Waals surface area contributed by atoms with E-state index in [1.165, 1.54) is 184 Å². The molecule has 0 N–H and O–H groups in total. The maximum atomic E-state index is 2.59. The van der Waals surface area contributed by atoms with Crippen molar-refractivity contribution in [3.05, 3.63) is 364 Å². The zero-order chi connectivity index (χ0) is 66.5. The molecular weight excluding hydrogens is 1260 g/mol. The Bertz CT molecular complexity index is 6520. The van der Waals surface area contributed by atoms with E-state index in [-0.39, 0.29) is 0 Å². The molecule has 16 aromatic carbocycles. The smallest absolute Gasteiger partial charge is 0.0547 e. The molecule has 0 atom stereocenters. The Kier molecular flexibility index (Phi) is 14.2. The average Bonchev–Trinajstić information content (AvgIpc) is 1.69. The maximum Gasteiger partial charge on any atom is 0.0547 e. The molecule has 101 heavy (non-hydrogen) atoms. The molecule has 0 amide bonds. The minimum Gasteiger partial charge on any atom is -0.309 e. The fraction of sp³-hybridized carbons (Fsp3) is 0.0204. The van der Waals surface area contributed by atoms with Crippen molar-refractivity contribution in [3.8, 4) is 106 Å². The third-order valence-electron chi connectivity index (χ3n) is 21.0. The number of rotatable bonds is 11. The van der Waals surface area contributed by atoms with Crippen LogP contribution in [0.1, 0.15) is 18.4 Å². The Morgan fingerprint density at radius 3 is 0.980 bits per heavy atom. The Labute approximate surface area is 594 Å². The third kappa shape index (κ3) is 10.0. The zero-order valence-electron chi connectivity index (χ0n) is 55.2. The fourth-order valence-corrected chi connectivity index (χ4v) is 18.9. The highest BCUT2D eigenvalue weighted by Gasteiger charge is 2.25. The van der Waals surface area contributed by atoms with E-state index in [1.54, 1.807) is 0 Å². The van der Waals surface area contributed by atoms with E-state index >= 15 is 0 Å². The first kappa shape index (κ1) is 58.9. The summed E-state index contributed by atoms with van der Waals surface area (Å²) in [5.74, 6) is 0. The van der Waals surface area contributed by atoms with Gasteiger partial charge in [0.15, 0.2) is 0 Å². The first-order valence-electron chi connectivity index (χ1n) is 35.0. The lowest BCUT2D eigenvalue weighted by Crippen LogP contribution is -1.96. The van der Waals surface area contributed by atoms with Crippen LogP contribution in [0, 0.1) is 0 Å². The van der Waals surface area contributed by atoms with Crippen molar-refractivity contribution in [2.75, 3.05) is 0 Å². The molecule has 3 heteroatoms. The summed E-state index contributed by atoms with van der Waals surface area (Å²) in [4.78, 5) is 0. The second-order valence-electron chi connectivity index (χ2n) is 26.9. The number of fused-ring (bicyclic) bond motifs is 11. The highest BCUT2D eigenvalue weighted by molar-refractivity contribution is 7.27. The van der Waals surface area contributed by atoms with Gasteiger partial charge in [-0.25, -0.2) is 0 Å². The first-order valence-corrected chi connectivity index (χ1v) is 36.6. The Morgan fingerprint density at radius 1 is 0.228 bits per heavy atom. The summed E-state index contributed by atoms with van der Waals surface area (Å²) >= 11 is 3.86. The minimum atomic E-state index is 0.991. The van der Waals surface area contributed by atoms with E-state index in [2.05, 4.69) is 363 Å². The van der Waals surface area contributed by atoms with Crippen LogP contribution in [0.25, 0.3) is 195 Å². The van der Waals surface area contributed by atoms with E-state index in [0.717, 1.165) is 29.6 Å². The summed E-state index contributed by atoms with van der Waals surface area (Å²) in [5.41, 5.74) is 27.9. The molecular formula is C98H63NS2. The number of nitrogens with zero attached hydrogens (tertiary/aromatic N) is 1. The van der Waals surface area contributed by atoms with E-state index in [9.17, 15) is 0 Å². The predicted molar refractivity (Wildman–Crippen MR) is 437 cm³/mol. The van der Waals surface area contributed by atoms with Crippen LogP contribution in [0.4, 0.5) is 0 Å². The topological polar surface area (TPSA) is 4.93 Å². The molecule has 3 aromatic heterocycles. The molecule has 0 saturated heterocycles. The standard InChI is InChI=1S/C98H63NS2/c1-8-27-62(28-9-1)72-52-83(66-35-16-5-17-36-66)95-87(56-72)89-58-74(64-31-12-3-13-32-64)54-85(97(89)100-95)69-47-49-77-78-50-48-70(86-55-75(65-33-14-4-15-34-65)59-90-88-57-73(63-29-10-2-11-30-63)53-84(96(88)101-98(86)90)67-37-18-6-19-38-67)61-92(78)99(91(77)60-69)76-42-26-41-71(51-76)94-81-45-24-22-43-79(81)93(68-39-20-7-21-40-68)80-44-23-25-46-82(80)94/h1-14,16-33,35-61H,15,34H2. The van der Waals surface area contributed by atoms with Crippen molar-refractivity contribution in [1.82, 2.24) is 4.57 Å². The van der Waals surface area contributed by atoms with E-state index < -0.39 is 0 Å². The van der Waals surface area contributed by atoms with Crippen LogP contribution in [-0.4, -0.2) is 4.57 Å². The minimum absolute atomic E-state index is 0.991. The van der Waals surface area contributed by atoms with Gasteiger partial charge < -0.3 is 4.57 Å². The summed E-state index contributed by atoms with van der Waals surface area (Å²) in [5, 5.41) is 12.4. The molecule has 472 valence electrons. The molecule has 0 aliphatic heterocycles. The maximum absolute atomic E-state index is 2.59. The lowest BCUT2D eigenvalue weighted by molar-refractivity contribution is 1.05. The van der Waals surface area contributed by atoms with Gasteiger partial charge in [-0.3, -0.25) is 0 Å². The average molecular weight is 1320 g/mol. The number of allylic oxidation sites excluding steroid dienone is 4. The van der Waals surface area contributed by atoms with Crippen molar-refractivity contribution in [2.24, 2.45) is 0 Å². The Hall–Kier alpha value is -12.2. The van der Waals surface area contributed by atoms with Crippen LogP contribution in [0.3, 0.4) is 0 Å². The Morgan fingerprint density at radius 2 is 0.574 bits per heavy atom. The molecule has 0 bridgehead atoms. The molecule has 1 aliphatic carbocycles. The van der Waals surface area contributed by atoms with Gasteiger partial charge in [-0.2, -0.15) is 0 Å². The molecule has 1 aliphatic rings. The number of hydrogen-bond acceptors (Lipinski definition) is 2. The highest BCUT2D eigenvalue weighted by Crippen LogP contribution is 2.52. The second-order valence-corrected chi connectivity index (χ2v) is 28.9. The van der Waals surface area contributed by atoms with Crippen LogP contribution in [0.15, 0.2) is 358 Å². The van der Waals surface area contributed by atoms with Crippen molar-refractivity contribution < 1.29 is 0 Å². The number of hydrogen-bond donors (Lipinski definition) is 0. The molecule has 0 unspecified atom stereocenters. The first-order chi connectivity index (χ1) is 50.1. The fourth-order valence-electron chi connectivity index (χ4n) is 16.3. The van der Waals surface area contributed by atoms with E-state index in [4.69, 9.17) is 0 Å². The number of thiophene rings is 2. The molecule has 20 rings (SSSR count). The van der Waals surface area contributed by atoms with Crippen LogP contribution in [-0.2, 0) is 0 Å². The summed E-state index contributed by atoms with van der Waals surface area (Å²) in [6.07, 6.45) is 8.90. The second kappa shape index (κ2) is 24.3. The molecule has 0 spiro atoms. The van der Waals surface area contributed by atoms with Gasteiger partial charge in [0.2, 0.25) is 0 Å². The highest BCUT2D eigenvalue weighted by atomic mass is 32.1.